The van der Waals surface area contributed by atoms with E-state index >= 15 is 0 Å². The van der Waals surface area contributed by atoms with Crippen molar-refractivity contribution in [2.24, 2.45) is 0 Å². The van der Waals surface area contributed by atoms with E-state index in [0.29, 0.717) is 0 Å². The average molecular weight is 273 g/mol. The lowest BCUT2D eigenvalue weighted by Gasteiger charge is -2.10. The Hall–Kier alpha value is -1.81. The van der Waals surface area contributed by atoms with Crippen LogP contribution in [-0.2, 0) is 17.8 Å². The van der Waals surface area contributed by atoms with Crippen molar-refractivity contribution in [3.63, 3.8) is 0 Å². The van der Waals surface area contributed by atoms with Crippen LogP contribution >= 0.6 is 0 Å². The van der Waals surface area contributed by atoms with E-state index in [0.717, 1.165) is 38.7 Å². The highest BCUT2D eigenvalue weighted by Gasteiger charge is 2.02. The summed E-state index contributed by atoms with van der Waals surface area (Å²) in [5.74, 6) is 0.919. The lowest BCUT2D eigenvalue weighted by molar-refractivity contribution is 0.142. The van der Waals surface area contributed by atoms with Crippen LogP contribution in [0.25, 0.3) is 0 Å². The Kier molecular flexibility index (Phi) is 5.62. The predicted octanol–water partition coefficient (Wildman–Crippen LogP) is 3.23. The first kappa shape index (κ1) is 14.6. The van der Waals surface area contributed by atoms with E-state index in [1.54, 1.807) is 0 Å². The van der Waals surface area contributed by atoms with Crippen LogP contribution in [0.2, 0.25) is 0 Å². The molecule has 0 bridgehead atoms. The van der Waals surface area contributed by atoms with Crippen molar-refractivity contribution in [3.05, 3.63) is 47.8 Å². The molecule has 0 aliphatic carbocycles. The third kappa shape index (κ3) is 4.38. The number of nitrogens with one attached hydrogen (secondary N) is 1. The molecular weight excluding hydrogens is 250 g/mol. The molecule has 0 unspecified atom stereocenters. The van der Waals surface area contributed by atoms with E-state index in [-0.39, 0.29) is 0 Å². The van der Waals surface area contributed by atoms with Gasteiger partial charge in [0.2, 0.25) is 5.95 Å². The first-order valence-electron chi connectivity index (χ1n) is 7.18. The summed E-state index contributed by atoms with van der Waals surface area (Å²) < 4.78 is 7.49. The molecule has 0 atom stereocenters. The molecule has 20 heavy (non-hydrogen) atoms. The first-order chi connectivity index (χ1) is 9.79. The first-order valence-corrected chi connectivity index (χ1v) is 7.18. The molecule has 0 aliphatic rings. The number of anilines is 1. The van der Waals surface area contributed by atoms with Crippen LogP contribution in [0.4, 0.5) is 5.95 Å². The molecule has 4 nitrogen and oxygen atoms in total. The third-order valence-electron chi connectivity index (χ3n) is 3.18. The number of benzene rings is 1. The highest BCUT2D eigenvalue weighted by molar-refractivity contribution is 5.30. The summed E-state index contributed by atoms with van der Waals surface area (Å²) in [6, 6.07) is 8.55. The van der Waals surface area contributed by atoms with Crippen LogP contribution in [0, 0.1) is 6.92 Å². The Morgan fingerprint density at radius 3 is 2.80 bits per heavy atom. The summed E-state index contributed by atoms with van der Waals surface area (Å²) in [5, 5.41) is 3.38. The minimum atomic E-state index is 0.780. The highest BCUT2D eigenvalue weighted by Crippen LogP contribution is 2.09. The lowest BCUT2D eigenvalue weighted by Crippen LogP contribution is -2.09. The topological polar surface area (TPSA) is 39.1 Å². The normalized spacial score (nSPS) is 10.7. The van der Waals surface area contributed by atoms with E-state index in [1.807, 2.05) is 19.3 Å². The van der Waals surface area contributed by atoms with E-state index in [1.165, 1.54) is 11.1 Å². The zero-order chi connectivity index (χ0) is 14.2. The quantitative estimate of drug-likeness (QED) is 0.751. The van der Waals surface area contributed by atoms with Gasteiger partial charge in [0.1, 0.15) is 0 Å². The number of nitrogens with zero attached hydrogens (tertiary/aromatic N) is 2. The molecule has 0 spiro atoms. The fraction of sp³-hybridized carbons (Fsp3) is 0.438. The van der Waals surface area contributed by atoms with Crippen LogP contribution in [0.15, 0.2) is 36.7 Å². The molecule has 0 amide bonds. The molecule has 108 valence electrons. The predicted molar refractivity (Wildman–Crippen MR) is 81.8 cm³/mol. The second kappa shape index (κ2) is 7.70. The highest BCUT2D eigenvalue weighted by atomic mass is 16.5. The summed E-state index contributed by atoms with van der Waals surface area (Å²) in [6.45, 7) is 7.42. The molecule has 0 radical (unpaired) electrons. The van der Waals surface area contributed by atoms with Crippen molar-refractivity contribution >= 4 is 5.95 Å². The largest absolute Gasteiger partial charge is 0.382 e. The Morgan fingerprint density at radius 1 is 1.25 bits per heavy atom. The number of ether oxygens (including phenoxy) is 1. The maximum absolute atomic E-state index is 5.36. The van der Waals surface area contributed by atoms with Gasteiger partial charge in [-0.2, -0.15) is 0 Å². The molecule has 1 N–H and O–H groups in total. The molecule has 1 heterocycles. The molecule has 4 heteroatoms. The molecule has 0 aliphatic heterocycles. The van der Waals surface area contributed by atoms with Gasteiger partial charge in [0.25, 0.3) is 0 Å². The van der Waals surface area contributed by atoms with E-state index in [2.05, 4.69) is 46.1 Å². The van der Waals surface area contributed by atoms with Crippen LogP contribution in [-0.4, -0.2) is 22.8 Å². The van der Waals surface area contributed by atoms with Crippen LogP contribution in [0.3, 0.4) is 0 Å². The monoisotopic (exact) mass is 273 g/mol. The van der Waals surface area contributed by atoms with Crippen LogP contribution in [0.1, 0.15) is 24.5 Å². The standard InChI is InChI=1S/C16H23N3O/c1-3-20-12-4-10-19-11-9-17-16(19)18-13-15-7-5-14(2)6-8-15/h5-9,11H,3-4,10,12-13H2,1-2H3,(H,17,18). The fourth-order valence-corrected chi connectivity index (χ4v) is 2.03. The Labute approximate surface area is 120 Å². The van der Waals surface area contributed by atoms with Gasteiger partial charge in [-0.15, -0.1) is 0 Å². The van der Waals surface area contributed by atoms with Gasteiger partial charge in [-0.05, 0) is 25.8 Å². The minimum absolute atomic E-state index is 0.780. The second-order valence-electron chi connectivity index (χ2n) is 4.83. The molecule has 2 aromatic rings. The van der Waals surface area contributed by atoms with Crippen LogP contribution < -0.4 is 5.32 Å². The van der Waals surface area contributed by atoms with Gasteiger partial charge in [-0.25, -0.2) is 4.98 Å². The smallest absolute Gasteiger partial charge is 0.203 e. The maximum atomic E-state index is 5.36. The van der Waals surface area contributed by atoms with E-state index < -0.39 is 0 Å². The molecule has 1 aromatic heterocycles. The van der Waals surface area contributed by atoms with E-state index in [9.17, 15) is 0 Å². The molecule has 1 aromatic carbocycles. The van der Waals surface area contributed by atoms with Gasteiger partial charge >= 0.3 is 0 Å². The average Bonchev–Trinajstić information content (AvgIpc) is 2.90. The molecular formula is C16H23N3O. The molecule has 0 saturated heterocycles. The Balaban J connectivity index is 1.83. The summed E-state index contributed by atoms with van der Waals surface area (Å²) >= 11 is 0. The Bertz CT molecular complexity index is 505. The molecule has 2 rings (SSSR count). The van der Waals surface area contributed by atoms with Crippen molar-refractivity contribution in [3.8, 4) is 0 Å². The molecule has 0 saturated carbocycles. The molecule has 0 fully saturated rings. The number of rotatable bonds is 8. The van der Waals surface area contributed by atoms with E-state index in [4.69, 9.17) is 4.74 Å². The van der Waals surface area contributed by atoms with Gasteiger partial charge in [-0.1, -0.05) is 29.8 Å². The number of hydrogen-bond donors (Lipinski definition) is 1. The number of hydrogen-bond acceptors (Lipinski definition) is 3. The van der Waals surface area contributed by atoms with Crippen molar-refractivity contribution in [1.29, 1.82) is 0 Å². The second-order valence-corrected chi connectivity index (χ2v) is 4.83. The number of imidazole rings is 1. The van der Waals surface area contributed by atoms with Crippen molar-refractivity contribution < 1.29 is 4.74 Å². The van der Waals surface area contributed by atoms with Gasteiger partial charge in [-0.3, -0.25) is 0 Å². The summed E-state index contributed by atoms with van der Waals surface area (Å²) in [5.41, 5.74) is 2.55. The van der Waals surface area contributed by atoms with Gasteiger partial charge in [0, 0.05) is 38.7 Å². The van der Waals surface area contributed by atoms with Gasteiger partial charge in [0.05, 0.1) is 0 Å². The Morgan fingerprint density at radius 2 is 2.05 bits per heavy atom. The van der Waals surface area contributed by atoms with Crippen molar-refractivity contribution in [1.82, 2.24) is 9.55 Å². The lowest BCUT2D eigenvalue weighted by atomic mass is 10.1. The number of aromatic nitrogens is 2. The van der Waals surface area contributed by atoms with Crippen molar-refractivity contribution in [2.75, 3.05) is 18.5 Å². The van der Waals surface area contributed by atoms with Gasteiger partial charge in [0.15, 0.2) is 0 Å². The van der Waals surface area contributed by atoms with Gasteiger partial charge < -0.3 is 14.6 Å². The minimum Gasteiger partial charge on any atom is -0.382 e. The summed E-state index contributed by atoms with van der Waals surface area (Å²) in [6.07, 6.45) is 4.84. The third-order valence-corrected chi connectivity index (χ3v) is 3.18. The fourth-order valence-electron chi connectivity index (χ4n) is 2.03. The zero-order valence-electron chi connectivity index (χ0n) is 12.3. The SMILES string of the molecule is CCOCCCn1ccnc1NCc1ccc(C)cc1. The zero-order valence-corrected chi connectivity index (χ0v) is 12.3. The maximum Gasteiger partial charge on any atom is 0.203 e. The van der Waals surface area contributed by atoms with Crippen molar-refractivity contribution in [2.45, 2.75) is 33.4 Å². The number of aryl methyl sites for hydroxylation is 2. The van der Waals surface area contributed by atoms with Crippen LogP contribution in [0.5, 0.6) is 0 Å². The summed E-state index contributed by atoms with van der Waals surface area (Å²) in [7, 11) is 0. The summed E-state index contributed by atoms with van der Waals surface area (Å²) in [4.78, 5) is 4.36.